The van der Waals surface area contributed by atoms with Gasteiger partial charge in [-0.3, -0.25) is 4.79 Å². The van der Waals surface area contributed by atoms with Crippen LogP contribution in [0.4, 0.5) is 0 Å². The minimum absolute atomic E-state index is 0.0430. The first-order chi connectivity index (χ1) is 5.61. The zero-order chi connectivity index (χ0) is 9.19. The van der Waals surface area contributed by atoms with E-state index in [1.54, 1.807) is 0 Å². The molecule has 1 aliphatic rings. The number of nitriles is 1. The molecule has 0 saturated carbocycles. The van der Waals surface area contributed by atoms with Gasteiger partial charge in [0.1, 0.15) is 5.60 Å². The van der Waals surface area contributed by atoms with Crippen LogP contribution in [0.3, 0.4) is 0 Å². The molecule has 1 aliphatic heterocycles. The summed E-state index contributed by atoms with van der Waals surface area (Å²) in [7, 11) is 0. The summed E-state index contributed by atoms with van der Waals surface area (Å²) in [5.41, 5.74) is -1.03. The van der Waals surface area contributed by atoms with Crippen LogP contribution in [0.25, 0.3) is 0 Å². The van der Waals surface area contributed by atoms with Gasteiger partial charge in [-0.1, -0.05) is 0 Å². The Bertz CT molecular complexity index is 278. The van der Waals surface area contributed by atoms with Crippen molar-refractivity contribution in [3.05, 3.63) is 0 Å². The molecule has 0 aromatic carbocycles. The van der Waals surface area contributed by atoms with Crippen molar-refractivity contribution >= 4 is 5.91 Å². The lowest BCUT2D eigenvalue weighted by molar-refractivity contribution is -0.148. The summed E-state index contributed by atoms with van der Waals surface area (Å²) in [5.74, 6) is 1.51. The molecule has 0 unspecified atom stereocenters. The van der Waals surface area contributed by atoms with Gasteiger partial charge in [-0.2, -0.15) is 5.26 Å². The number of aliphatic hydroxyl groups is 1. The van der Waals surface area contributed by atoms with Crippen LogP contribution < -0.4 is 0 Å². The van der Waals surface area contributed by atoms with Crippen molar-refractivity contribution < 1.29 is 9.90 Å². The molecule has 1 amide bonds. The highest BCUT2D eigenvalue weighted by Crippen LogP contribution is 2.23. The summed E-state index contributed by atoms with van der Waals surface area (Å²) in [5, 5.41) is 17.7. The molecule has 62 valence electrons. The molecule has 1 heterocycles. The average molecular weight is 164 g/mol. The van der Waals surface area contributed by atoms with Crippen LogP contribution in [0, 0.1) is 23.7 Å². The van der Waals surface area contributed by atoms with Crippen LogP contribution in [0.15, 0.2) is 0 Å². The van der Waals surface area contributed by atoms with E-state index in [2.05, 4.69) is 0 Å². The smallest absolute Gasteiger partial charge is 0.298 e. The number of hydrogen-bond donors (Lipinski definition) is 1. The van der Waals surface area contributed by atoms with Crippen molar-refractivity contribution in [3.8, 4) is 18.4 Å². The third-order valence-electron chi connectivity index (χ3n) is 1.79. The maximum atomic E-state index is 10.8. The Kier molecular flexibility index (Phi) is 2.03. The second kappa shape index (κ2) is 2.84. The van der Waals surface area contributed by atoms with Gasteiger partial charge in [0, 0.05) is 0 Å². The van der Waals surface area contributed by atoms with E-state index >= 15 is 0 Å². The van der Waals surface area contributed by atoms with Crippen molar-refractivity contribution in [2.24, 2.45) is 0 Å². The average Bonchev–Trinajstić information content (AvgIpc) is 1.99. The van der Waals surface area contributed by atoms with Crippen molar-refractivity contribution in [2.45, 2.75) is 12.0 Å². The van der Waals surface area contributed by atoms with E-state index < -0.39 is 11.5 Å². The van der Waals surface area contributed by atoms with Crippen molar-refractivity contribution in [2.75, 3.05) is 13.1 Å². The molecule has 0 aromatic heterocycles. The Morgan fingerprint density at radius 3 is 2.75 bits per heavy atom. The van der Waals surface area contributed by atoms with E-state index in [0.29, 0.717) is 0 Å². The second-order valence-corrected chi connectivity index (χ2v) is 2.86. The predicted octanol–water partition coefficient (Wildman–Crippen LogP) is -0.893. The number of carbonyl (C=O) groups is 1. The molecule has 0 bridgehead atoms. The van der Waals surface area contributed by atoms with Crippen molar-refractivity contribution in [1.29, 1.82) is 5.26 Å². The Morgan fingerprint density at radius 1 is 1.75 bits per heavy atom. The monoisotopic (exact) mass is 164 g/mol. The zero-order valence-electron chi connectivity index (χ0n) is 6.45. The van der Waals surface area contributed by atoms with Gasteiger partial charge in [0.2, 0.25) is 0 Å². The van der Waals surface area contributed by atoms with Crippen LogP contribution in [-0.4, -0.2) is 34.6 Å². The van der Waals surface area contributed by atoms with Crippen LogP contribution in [0.1, 0.15) is 6.42 Å². The number of amides is 1. The van der Waals surface area contributed by atoms with Crippen LogP contribution in [0.2, 0.25) is 0 Å². The lowest BCUT2D eigenvalue weighted by Crippen LogP contribution is -2.63. The van der Waals surface area contributed by atoms with E-state index in [1.165, 1.54) is 4.90 Å². The number of hydrogen-bond acceptors (Lipinski definition) is 3. The topological polar surface area (TPSA) is 64.3 Å². The van der Waals surface area contributed by atoms with Gasteiger partial charge in [-0.15, -0.1) is 6.42 Å². The third-order valence-corrected chi connectivity index (χ3v) is 1.79. The first-order valence-corrected chi connectivity index (χ1v) is 3.46. The van der Waals surface area contributed by atoms with E-state index in [4.69, 9.17) is 11.7 Å². The molecule has 12 heavy (non-hydrogen) atoms. The summed E-state index contributed by atoms with van der Waals surface area (Å²) >= 11 is 0. The molecule has 1 N–H and O–H groups in total. The standard InChI is InChI=1S/C8H8N2O2/c1-2-7(11)10-5-8(12,6-10)3-4-9/h1,12H,3,5-6H2. The summed E-state index contributed by atoms with van der Waals surface area (Å²) < 4.78 is 0. The Hall–Kier alpha value is -1.52. The maximum Gasteiger partial charge on any atom is 0.298 e. The number of β-amino-alcohol motifs (C(OH)–C–C–N with tert-alkyl or cyclic N) is 1. The minimum Gasteiger partial charge on any atom is -0.385 e. The van der Waals surface area contributed by atoms with Gasteiger partial charge in [-0.25, -0.2) is 0 Å². The number of nitrogens with zero attached hydrogens (tertiary/aromatic N) is 2. The van der Waals surface area contributed by atoms with E-state index in [9.17, 15) is 9.90 Å². The summed E-state index contributed by atoms with van der Waals surface area (Å²) in [6.45, 7) is 0.340. The minimum atomic E-state index is -1.03. The molecule has 4 heteroatoms. The van der Waals surface area contributed by atoms with Gasteiger partial charge >= 0.3 is 0 Å². The molecular formula is C8H8N2O2. The number of likely N-dealkylation sites (tertiary alicyclic amines) is 1. The molecule has 1 rings (SSSR count). The highest BCUT2D eigenvalue weighted by molar-refractivity contribution is 5.93. The SMILES string of the molecule is C#CC(=O)N1CC(O)(CC#N)C1. The largest absolute Gasteiger partial charge is 0.385 e. The van der Waals surface area contributed by atoms with Gasteiger partial charge in [0.25, 0.3) is 5.91 Å². The van der Waals surface area contributed by atoms with Gasteiger partial charge in [0.05, 0.1) is 25.6 Å². The van der Waals surface area contributed by atoms with Crippen LogP contribution in [-0.2, 0) is 4.79 Å². The third kappa shape index (κ3) is 1.39. The maximum absolute atomic E-state index is 10.8. The lowest BCUT2D eigenvalue weighted by atomic mass is 9.91. The number of rotatable bonds is 1. The van der Waals surface area contributed by atoms with Gasteiger partial charge in [-0.05, 0) is 5.92 Å². The van der Waals surface area contributed by atoms with Gasteiger partial charge < -0.3 is 10.0 Å². The second-order valence-electron chi connectivity index (χ2n) is 2.86. The molecule has 0 aromatic rings. The Labute approximate surface area is 70.4 Å². The predicted molar refractivity (Wildman–Crippen MR) is 40.6 cm³/mol. The first-order valence-electron chi connectivity index (χ1n) is 3.46. The molecule has 0 radical (unpaired) electrons. The number of carbonyl (C=O) groups excluding carboxylic acids is 1. The van der Waals surface area contributed by atoms with Crippen molar-refractivity contribution in [3.63, 3.8) is 0 Å². The zero-order valence-corrected chi connectivity index (χ0v) is 6.45. The molecule has 4 nitrogen and oxygen atoms in total. The van der Waals surface area contributed by atoms with E-state index in [-0.39, 0.29) is 19.5 Å². The first kappa shape index (κ1) is 8.58. The fourth-order valence-electron chi connectivity index (χ4n) is 1.16. The highest BCUT2D eigenvalue weighted by Gasteiger charge is 2.42. The highest BCUT2D eigenvalue weighted by atomic mass is 16.3. The summed E-state index contributed by atoms with van der Waals surface area (Å²) in [6, 6.07) is 1.85. The molecule has 0 atom stereocenters. The van der Waals surface area contributed by atoms with E-state index in [1.807, 2.05) is 12.0 Å². The Balaban J connectivity index is 2.44. The quantitative estimate of drug-likeness (QED) is 0.511. The van der Waals surface area contributed by atoms with Gasteiger partial charge in [0.15, 0.2) is 0 Å². The fourth-order valence-corrected chi connectivity index (χ4v) is 1.16. The van der Waals surface area contributed by atoms with Crippen LogP contribution >= 0.6 is 0 Å². The van der Waals surface area contributed by atoms with E-state index in [0.717, 1.165) is 0 Å². The molecule has 1 saturated heterocycles. The number of terminal acetylenes is 1. The van der Waals surface area contributed by atoms with Crippen LogP contribution in [0.5, 0.6) is 0 Å². The normalized spacial score (nSPS) is 18.8. The fraction of sp³-hybridized carbons (Fsp3) is 0.500. The molecular weight excluding hydrogens is 156 g/mol. The lowest BCUT2D eigenvalue weighted by Gasteiger charge is -2.44. The molecule has 1 fully saturated rings. The Morgan fingerprint density at radius 2 is 2.33 bits per heavy atom. The molecule has 0 spiro atoms. The summed E-state index contributed by atoms with van der Waals surface area (Å²) in [6.07, 6.45) is 4.90. The molecule has 0 aliphatic carbocycles. The summed E-state index contributed by atoms with van der Waals surface area (Å²) in [4.78, 5) is 12.1. The van der Waals surface area contributed by atoms with Crippen molar-refractivity contribution in [1.82, 2.24) is 4.90 Å².